The first-order valence-electron chi connectivity index (χ1n) is 8.03. The van der Waals surface area contributed by atoms with Gasteiger partial charge < -0.3 is 19.6 Å². The van der Waals surface area contributed by atoms with Crippen molar-refractivity contribution in [1.29, 1.82) is 0 Å². The van der Waals surface area contributed by atoms with Crippen LogP contribution in [0.5, 0.6) is 0 Å². The maximum atomic E-state index is 9.05. The molecule has 1 saturated heterocycles. The molecule has 0 amide bonds. The van der Waals surface area contributed by atoms with Gasteiger partial charge in [0.2, 0.25) is 0 Å². The first-order valence-corrected chi connectivity index (χ1v) is 8.85. The Labute approximate surface area is 140 Å². The standard InChI is InChI=1S/C17H24N2O3S/c1-13-2-5-17(23-13)16(19-6-8-21-9-7-19)11-18-10-14-3-4-15(12-20)22-14/h2-5,16,18,20H,6-12H2,1H3/t16-/m0/s1. The Bertz CT molecular complexity index is 605. The van der Waals surface area contributed by atoms with Crippen molar-refractivity contribution in [3.8, 4) is 0 Å². The van der Waals surface area contributed by atoms with Gasteiger partial charge in [0.05, 0.1) is 25.8 Å². The van der Waals surface area contributed by atoms with Crippen LogP contribution in [0, 0.1) is 6.92 Å². The van der Waals surface area contributed by atoms with E-state index in [1.54, 1.807) is 0 Å². The van der Waals surface area contributed by atoms with E-state index in [1.807, 2.05) is 23.5 Å². The second-order valence-corrected chi connectivity index (χ2v) is 7.09. The molecule has 0 aliphatic carbocycles. The van der Waals surface area contributed by atoms with Crippen LogP contribution in [-0.4, -0.2) is 42.9 Å². The highest BCUT2D eigenvalue weighted by molar-refractivity contribution is 7.12. The predicted molar refractivity (Wildman–Crippen MR) is 90.5 cm³/mol. The quantitative estimate of drug-likeness (QED) is 0.812. The highest BCUT2D eigenvalue weighted by Gasteiger charge is 2.23. The molecule has 2 aromatic heterocycles. The van der Waals surface area contributed by atoms with Crippen LogP contribution >= 0.6 is 11.3 Å². The molecule has 0 radical (unpaired) electrons. The number of nitrogens with zero attached hydrogens (tertiary/aromatic N) is 1. The molecule has 0 saturated carbocycles. The fraction of sp³-hybridized carbons (Fsp3) is 0.529. The first-order chi connectivity index (χ1) is 11.3. The second kappa shape index (κ2) is 8.08. The van der Waals surface area contributed by atoms with E-state index < -0.39 is 0 Å². The van der Waals surface area contributed by atoms with Crippen molar-refractivity contribution in [3.63, 3.8) is 0 Å². The molecule has 2 aromatic rings. The summed E-state index contributed by atoms with van der Waals surface area (Å²) < 4.78 is 11.0. The average molecular weight is 336 g/mol. The molecule has 0 unspecified atom stereocenters. The number of morpholine rings is 1. The van der Waals surface area contributed by atoms with Gasteiger partial charge in [-0.25, -0.2) is 0 Å². The zero-order valence-corrected chi connectivity index (χ0v) is 14.3. The maximum Gasteiger partial charge on any atom is 0.129 e. The Morgan fingerprint density at radius 2 is 2.00 bits per heavy atom. The largest absolute Gasteiger partial charge is 0.462 e. The molecule has 126 valence electrons. The van der Waals surface area contributed by atoms with Crippen LogP contribution in [-0.2, 0) is 17.9 Å². The fourth-order valence-electron chi connectivity index (χ4n) is 2.87. The van der Waals surface area contributed by atoms with E-state index in [2.05, 4.69) is 29.3 Å². The molecule has 1 aliphatic heterocycles. The summed E-state index contributed by atoms with van der Waals surface area (Å²) in [5.41, 5.74) is 0. The van der Waals surface area contributed by atoms with E-state index in [9.17, 15) is 0 Å². The van der Waals surface area contributed by atoms with E-state index in [1.165, 1.54) is 9.75 Å². The fourth-order valence-corrected chi connectivity index (χ4v) is 3.88. The van der Waals surface area contributed by atoms with Crippen molar-refractivity contribution < 1.29 is 14.3 Å². The van der Waals surface area contributed by atoms with Crippen molar-refractivity contribution >= 4 is 11.3 Å². The van der Waals surface area contributed by atoms with Crippen molar-refractivity contribution in [3.05, 3.63) is 45.5 Å². The zero-order chi connectivity index (χ0) is 16.1. The zero-order valence-electron chi connectivity index (χ0n) is 13.5. The summed E-state index contributed by atoms with van der Waals surface area (Å²) in [6.45, 7) is 7.19. The third-order valence-corrected chi connectivity index (χ3v) is 5.19. The van der Waals surface area contributed by atoms with Crippen molar-refractivity contribution in [2.75, 3.05) is 32.8 Å². The Morgan fingerprint density at radius 1 is 1.22 bits per heavy atom. The number of hydrogen-bond donors (Lipinski definition) is 2. The Balaban J connectivity index is 1.61. The minimum absolute atomic E-state index is 0.0507. The van der Waals surface area contributed by atoms with Crippen LogP contribution in [0.3, 0.4) is 0 Å². The molecule has 6 heteroatoms. The van der Waals surface area contributed by atoms with E-state index in [4.69, 9.17) is 14.3 Å². The summed E-state index contributed by atoms with van der Waals surface area (Å²) in [6.07, 6.45) is 0. The molecule has 5 nitrogen and oxygen atoms in total. The van der Waals surface area contributed by atoms with Gasteiger partial charge in [0, 0.05) is 29.4 Å². The molecule has 0 spiro atoms. The molecule has 1 aliphatic rings. The molecule has 0 aromatic carbocycles. The number of aliphatic hydroxyl groups is 1. The summed E-state index contributed by atoms with van der Waals surface area (Å²) in [7, 11) is 0. The summed E-state index contributed by atoms with van der Waals surface area (Å²) in [4.78, 5) is 5.23. The molecule has 0 bridgehead atoms. The van der Waals surface area contributed by atoms with Crippen LogP contribution in [0.25, 0.3) is 0 Å². The van der Waals surface area contributed by atoms with Gasteiger partial charge in [0.25, 0.3) is 0 Å². The summed E-state index contributed by atoms with van der Waals surface area (Å²) >= 11 is 1.86. The molecule has 1 fully saturated rings. The number of rotatable bonds is 7. The SMILES string of the molecule is Cc1ccc([C@H](CNCc2ccc(CO)o2)N2CCOCC2)s1. The monoisotopic (exact) mass is 336 g/mol. The van der Waals surface area contributed by atoms with Crippen molar-refractivity contribution in [2.24, 2.45) is 0 Å². The van der Waals surface area contributed by atoms with Crippen LogP contribution in [0.15, 0.2) is 28.7 Å². The second-order valence-electron chi connectivity index (χ2n) is 5.77. The molecule has 3 heterocycles. The van der Waals surface area contributed by atoms with Crippen molar-refractivity contribution in [1.82, 2.24) is 10.2 Å². The minimum Gasteiger partial charge on any atom is -0.462 e. The Morgan fingerprint density at radius 3 is 2.65 bits per heavy atom. The highest BCUT2D eigenvalue weighted by atomic mass is 32.1. The number of furan rings is 1. The Kier molecular flexibility index (Phi) is 5.85. The smallest absolute Gasteiger partial charge is 0.129 e. The number of thiophene rings is 1. The molecular formula is C17H24N2O3S. The normalized spacial score (nSPS) is 17.5. The number of nitrogens with one attached hydrogen (secondary N) is 1. The molecule has 2 N–H and O–H groups in total. The lowest BCUT2D eigenvalue weighted by molar-refractivity contribution is 0.0167. The third kappa shape index (κ3) is 4.43. The predicted octanol–water partition coefficient (Wildman–Crippen LogP) is 2.30. The summed E-state index contributed by atoms with van der Waals surface area (Å²) in [5.74, 6) is 1.47. The number of hydrogen-bond acceptors (Lipinski definition) is 6. The first kappa shape index (κ1) is 16.7. The number of ether oxygens (including phenoxy) is 1. The van der Waals surface area contributed by atoms with Gasteiger partial charge in [-0.2, -0.15) is 0 Å². The lowest BCUT2D eigenvalue weighted by Gasteiger charge is -2.34. The number of aliphatic hydroxyl groups excluding tert-OH is 1. The summed E-state index contributed by atoms with van der Waals surface area (Å²) in [5, 5.41) is 12.5. The summed E-state index contributed by atoms with van der Waals surface area (Å²) in [6, 6.07) is 8.52. The van der Waals surface area contributed by atoms with Gasteiger partial charge in [-0.3, -0.25) is 4.90 Å². The van der Waals surface area contributed by atoms with Crippen LogP contribution in [0.2, 0.25) is 0 Å². The van der Waals surface area contributed by atoms with Gasteiger partial charge >= 0.3 is 0 Å². The van der Waals surface area contributed by atoms with E-state index in [-0.39, 0.29) is 6.61 Å². The van der Waals surface area contributed by atoms with E-state index in [0.717, 1.165) is 38.6 Å². The lowest BCUT2D eigenvalue weighted by Crippen LogP contribution is -2.42. The van der Waals surface area contributed by atoms with Gasteiger partial charge in [-0.1, -0.05) is 0 Å². The minimum atomic E-state index is -0.0507. The van der Waals surface area contributed by atoms with Gasteiger partial charge in [0.1, 0.15) is 18.1 Å². The number of aryl methyl sites for hydroxylation is 1. The lowest BCUT2D eigenvalue weighted by atomic mass is 10.2. The molecule has 3 rings (SSSR count). The van der Waals surface area contributed by atoms with Gasteiger partial charge in [-0.15, -0.1) is 11.3 Å². The van der Waals surface area contributed by atoms with Crippen LogP contribution in [0.1, 0.15) is 27.3 Å². The van der Waals surface area contributed by atoms with Crippen LogP contribution in [0.4, 0.5) is 0 Å². The molecule has 1 atom stereocenters. The molecular weight excluding hydrogens is 312 g/mol. The topological polar surface area (TPSA) is 57.9 Å². The van der Waals surface area contributed by atoms with E-state index in [0.29, 0.717) is 18.3 Å². The van der Waals surface area contributed by atoms with Gasteiger partial charge in [-0.05, 0) is 31.2 Å². The Hall–Kier alpha value is -1.18. The highest BCUT2D eigenvalue weighted by Crippen LogP contribution is 2.28. The third-order valence-electron chi connectivity index (χ3n) is 4.09. The van der Waals surface area contributed by atoms with Crippen LogP contribution < -0.4 is 5.32 Å². The van der Waals surface area contributed by atoms with Gasteiger partial charge in [0.15, 0.2) is 0 Å². The average Bonchev–Trinajstić information content (AvgIpc) is 3.21. The van der Waals surface area contributed by atoms with Crippen molar-refractivity contribution in [2.45, 2.75) is 26.1 Å². The maximum absolute atomic E-state index is 9.05. The molecule has 23 heavy (non-hydrogen) atoms. The van der Waals surface area contributed by atoms with E-state index >= 15 is 0 Å².